The lowest BCUT2D eigenvalue weighted by Crippen LogP contribution is -2.43. The number of morpholine rings is 1. The van der Waals surface area contributed by atoms with Crippen LogP contribution >= 0.6 is 0 Å². The molecule has 1 fully saturated rings. The zero-order valence-electron chi connectivity index (χ0n) is 5.80. The molecule has 10 heavy (non-hydrogen) atoms. The van der Waals surface area contributed by atoms with Gasteiger partial charge in [0.25, 0.3) is 0 Å². The van der Waals surface area contributed by atoms with Crippen LogP contribution in [0.25, 0.3) is 0 Å². The minimum absolute atomic E-state index is 0.131. The molecule has 1 aliphatic heterocycles. The van der Waals surface area contributed by atoms with E-state index in [4.69, 9.17) is 10.5 Å². The molecule has 3 N–H and O–H groups in total. The van der Waals surface area contributed by atoms with Gasteiger partial charge in [-0.05, 0) is 0 Å². The molecule has 0 radical (unpaired) electrons. The zero-order chi connectivity index (χ0) is 7.40. The van der Waals surface area contributed by atoms with Gasteiger partial charge in [0.1, 0.15) is 0 Å². The maximum Gasteiger partial charge on any atom is 0.219 e. The number of amides is 1. The number of nitrogens with two attached hydrogens (primary N) is 1. The average Bonchev–Trinajstić information content (AvgIpc) is 1.88. The summed E-state index contributed by atoms with van der Waals surface area (Å²) in [5.74, 6) is -0.275. The summed E-state index contributed by atoms with van der Waals surface area (Å²) in [4.78, 5) is 10.4. The number of hydrogen-bond acceptors (Lipinski definition) is 3. The number of carbonyl (C=O) groups is 1. The Labute approximate surface area is 59.7 Å². The number of ether oxygens (including phenoxy) is 1. The molecule has 1 rings (SSSR count). The molecule has 1 unspecified atom stereocenters. The van der Waals surface area contributed by atoms with E-state index in [1.165, 1.54) is 0 Å². The van der Waals surface area contributed by atoms with Gasteiger partial charge in [-0.3, -0.25) is 4.79 Å². The molecule has 0 aliphatic carbocycles. The third-order valence-corrected chi connectivity index (χ3v) is 1.45. The molecule has 0 saturated carbocycles. The predicted molar refractivity (Wildman–Crippen MR) is 36.4 cm³/mol. The lowest BCUT2D eigenvalue weighted by Gasteiger charge is -2.22. The molecular weight excluding hydrogens is 132 g/mol. The number of carbonyl (C=O) groups excluding carboxylic acids is 1. The van der Waals surface area contributed by atoms with Gasteiger partial charge in [0.15, 0.2) is 0 Å². The predicted octanol–water partition coefficient (Wildman–Crippen LogP) is -1.15. The molecule has 1 aliphatic rings. The minimum Gasteiger partial charge on any atom is -0.378 e. The molecule has 1 saturated heterocycles. The van der Waals surface area contributed by atoms with E-state index in [-0.39, 0.29) is 11.9 Å². The first-order valence-electron chi connectivity index (χ1n) is 3.38. The van der Waals surface area contributed by atoms with E-state index in [1.54, 1.807) is 0 Å². The summed E-state index contributed by atoms with van der Waals surface area (Å²) < 4.78 is 5.11. The normalized spacial score (nSPS) is 26.2. The van der Waals surface area contributed by atoms with E-state index < -0.39 is 0 Å². The van der Waals surface area contributed by atoms with Gasteiger partial charge in [-0.15, -0.1) is 0 Å². The van der Waals surface area contributed by atoms with Crippen molar-refractivity contribution in [3.8, 4) is 0 Å². The highest BCUT2D eigenvalue weighted by atomic mass is 16.5. The van der Waals surface area contributed by atoms with Gasteiger partial charge < -0.3 is 15.8 Å². The van der Waals surface area contributed by atoms with Gasteiger partial charge >= 0.3 is 0 Å². The molecule has 1 amide bonds. The van der Waals surface area contributed by atoms with Crippen molar-refractivity contribution >= 4 is 5.91 Å². The van der Waals surface area contributed by atoms with E-state index in [2.05, 4.69) is 5.32 Å². The first kappa shape index (κ1) is 7.50. The van der Waals surface area contributed by atoms with Crippen molar-refractivity contribution in [2.24, 2.45) is 5.73 Å². The van der Waals surface area contributed by atoms with E-state index >= 15 is 0 Å². The number of nitrogens with one attached hydrogen (secondary N) is 1. The summed E-state index contributed by atoms with van der Waals surface area (Å²) in [5.41, 5.74) is 4.99. The molecule has 0 aromatic heterocycles. The van der Waals surface area contributed by atoms with Gasteiger partial charge in [-0.1, -0.05) is 0 Å². The van der Waals surface area contributed by atoms with E-state index in [9.17, 15) is 4.79 Å². The maximum atomic E-state index is 10.4. The third kappa shape index (κ3) is 2.33. The number of hydrogen-bond donors (Lipinski definition) is 2. The van der Waals surface area contributed by atoms with Crippen LogP contribution in [0, 0.1) is 0 Å². The van der Waals surface area contributed by atoms with Crippen LogP contribution in [0.2, 0.25) is 0 Å². The molecule has 0 spiro atoms. The average molecular weight is 144 g/mol. The molecule has 0 aromatic rings. The van der Waals surface area contributed by atoms with Crippen LogP contribution in [0.15, 0.2) is 0 Å². The van der Waals surface area contributed by atoms with Crippen LogP contribution in [-0.4, -0.2) is 31.7 Å². The number of rotatable bonds is 2. The summed E-state index contributed by atoms with van der Waals surface area (Å²) in [6, 6.07) is 0.131. The Balaban J connectivity index is 2.19. The van der Waals surface area contributed by atoms with Crippen molar-refractivity contribution in [1.82, 2.24) is 5.32 Å². The Morgan fingerprint density at radius 3 is 3.10 bits per heavy atom. The van der Waals surface area contributed by atoms with Crippen LogP contribution in [0.4, 0.5) is 0 Å². The lowest BCUT2D eigenvalue weighted by molar-refractivity contribution is -0.119. The fraction of sp³-hybridized carbons (Fsp3) is 0.833. The van der Waals surface area contributed by atoms with Crippen molar-refractivity contribution in [2.45, 2.75) is 12.5 Å². The maximum absolute atomic E-state index is 10.4. The fourth-order valence-corrected chi connectivity index (χ4v) is 0.994. The second kappa shape index (κ2) is 3.53. The number of primary amides is 1. The Morgan fingerprint density at radius 1 is 1.80 bits per heavy atom. The Hall–Kier alpha value is -0.610. The molecule has 0 bridgehead atoms. The summed E-state index contributed by atoms with van der Waals surface area (Å²) in [6.07, 6.45) is 0.375. The first-order chi connectivity index (χ1) is 4.79. The molecule has 4 nitrogen and oxygen atoms in total. The SMILES string of the molecule is NC(=O)CC1COCCN1. The fourth-order valence-electron chi connectivity index (χ4n) is 0.994. The highest BCUT2D eigenvalue weighted by Crippen LogP contribution is 1.96. The van der Waals surface area contributed by atoms with Crippen LogP contribution in [0.5, 0.6) is 0 Å². The minimum atomic E-state index is -0.275. The third-order valence-electron chi connectivity index (χ3n) is 1.45. The van der Waals surface area contributed by atoms with E-state index in [0.717, 1.165) is 13.2 Å². The van der Waals surface area contributed by atoms with Crippen molar-refractivity contribution in [3.63, 3.8) is 0 Å². The Bertz CT molecular complexity index is 121. The van der Waals surface area contributed by atoms with Gasteiger partial charge in [-0.25, -0.2) is 0 Å². The van der Waals surface area contributed by atoms with Crippen molar-refractivity contribution in [1.29, 1.82) is 0 Å². The quantitative estimate of drug-likeness (QED) is 0.514. The molecular formula is C6H12N2O2. The summed E-state index contributed by atoms with van der Waals surface area (Å²) >= 11 is 0. The molecule has 0 aromatic carbocycles. The Morgan fingerprint density at radius 2 is 2.60 bits per heavy atom. The highest BCUT2D eigenvalue weighted by molar-refractivity contribution is 5.74. The van der Waals surface area contributed by atoms with Gasteiger partial charge in [0.2, 0.25) is 5.91 Å². The summed E-state index contributed by atoms with van der Waals surface area (Å²) in [7, 11) is 0. The van der Waals surface area contributed by atoms with Crippen molar-refractivity contribution < 1.29 is 9.53 Å². The van der Waals surface area contributed by atoms with E-state index in [0.29, 0.717) is 13.0 Å². The lowest BCUT2D eigenvalue weighted by atomic mass is 10.2. The van der Waals surface area contributed by atoms with Gasteiger partial charge in [0, 0.05) is 19.0 Å². The van der Waals surface area contributed by atoms with Crippen LogP contribution in [-0.2, 0) is 9.53 Å². The van der Waals surface area contributed by atoms with Gasteiger partial charge in [-0.2, -0.15) is 0 Å². The largest absolute Gasteiger partial charge is 0.378 e. The van der Waals surface area contributed by atoms with Crippen molar-refractivity contribution in [2.75, 3.05) is 19.8 Å². The second-order valence-electron chi connectivity index (χ2n) is 2.40. The smallest absolute Gasteiger partial charge is 0.219 e. The monoisotopic (exact) mass is 144 g/mol. The standard InChI is InChI=1S/C6H12N2O2/c7-6(9)3-5-4-10-2-1-8-5/h5,8H,1-4H2,(H2,7,9). The van der Waals surface area contributed by atoms with Crippen molar-refractivity contribution in [3.05, 3.63) is 0 Å². The van der Waals surface area contributed by atoms with Crippen LogP contribution in [0.1, 0.15) is 6.42 Å². The molecule has 1 atom stereocenters. The van der Waals surface area contributed by atoms with E-state index in [1.807, 2.05) is 0 Å². The summed E-state index contributed by atoms with van der Waals surface area (Å²) in [5, 5.41) is 3.12. The summed E-state index contributed by atoms with van der Waals surface area (Å²) in [6.45, 7) is 2.15. The second-order valence-corrected chi connectivity index (χ2v) is 2.40. The zero-order valence-corrected chi connectivity index (χ0v) is 5.80. The van der Waals surface area contributed by atoms with Crippen LogP contribution < -0.4 is 11.1 Å². The molecule has 1 heterocycles. The first-order valence-corrected chi connectivity index (χ1v) is 3.38. The molecule has 4 heteroatoms. The van der Waals surface area contributed by atoms with Crippen LogP contribution in [0.3, 0.4) is 0 Å². The Kier molecular flexibility index (Phi) is 2.65. The molecule has 58 valence electrons. The highest BCUT2D eigenvalue weighted by Gasteiger charge is 2.14. The van der Waals surface area contributed by atoms with Gasteiger partial charge in [0.05, 0.1) is 13.2 Å². The topological polar surface area (TPSA) is 64.4 Å².